The molecular weight excluding hydrogens is 284 g/mol. The molecule has 1 amide bonds. The summed E-state index contributed by atoms with van der Waals surface area (Å²) in [5.41, 5.74) is 6.86. The van der Waals surface area contributed by atoms with Crippen molar-refractivity contribution in [2.75, 3.05) is 5.32 Å². The van der Waals surface area contributed by atoms with Crippen molar-refractivity contribution in [3.05, 3.63) is 45.9 Å². The van der Waals surface area contributed by atoms with Gasteiger partial charge in [-0.25, -0.2) is 4.98 Å². The van der Waals surface area contributed by atoms with Gasteiger partial charge in [-0.05, 0) is 31.5 Å². The molecule has 108 valence electrons. The minimum absolute atomic E-state index is 0.266. The molecule has 3 N–H and O–H groups in total. The maximum Gasteiger partial charge on any atom is 0.275 e. The molecule has 5 nitrogen and oxygen atoms in total. The van der Waals surface area contributed by atoms with E-state index in [4.69, 9.17) is 11.0 Å². The SMILES string of the molecule is CC(C)(C#N)c1ccc(NC(=O)c2csc(CN)n2)cc1. The minimum Gasteiger partial charge on any atom is -0.325 e. The Morgan fingerprint density at radius 2 is 2.10 bits per heavy atom. The van der Waals surface area contributed by atoms with Gasteiger partial charge in [-0.2, -0.15) is 5.26 Å². The van der Waals surface area contributed by atoms with Crippen molar-refractivity contribution in [3.8, 4) is 6.07 Å². The molecule has 21 heavy (non-hydrogen) atoms. The van der Waals surface area contributed by atoms with Crippen molar-refractivity contribution in [2.24, 2.45) is 5.73 Å². The fourth-order valence-electron chi connectivity index (χ4n) is 1.74. The molecule has 6 heteroatoms. The van der Waals surface area contributed by atoms with Crippen LogP contribution in [0.4, 0.5) is 5.69 Å². The van der Waals surface area contributed by atoms with Crippen molar-refractivity contribution < 1.29 is 4.79 Å². The lowest BCUT2D eigenvalue weighted by Gasteiger charge is -2.16. The van der Waals surface area contributed by atoms with E-state index in [9.17, 15) is 4.79 Å². The number of nitrogens with two attached hydrogens (primary N) is 1. The largest absolute Gasteiger partial charge is 0.325 e. The fourth-order valence-corrected chi connectivity index (χ4v) is 2.39. The number of thiazole rings is 1. The third kappa shape index (κ3) is 3.45. The van der Waals surface area contributed by atoms with Crippen molar-refractivity contribution in [1.29, 1.82) is 5.26 Å². The van der Waals surface area contributed by atoms with Gasteiger partial charge in [-0.15, -0.1) is 11.3 Å². The molecule has 0 bridgehead atoms. The van der Waals surface area contributed by atoms with Gasteiger partial charge in [0.1, 0.15) is 10.7 Å². The second kappa shape index (κ2) is 6.04. The summed E-state index contributed by atoms with van der Waals surface area (Å²) in [6.45, 7) is 4.03. The van der Waals surface area contributed by atoms with Crippen LogP contribution < -0.4 is 11.1 Å². The minimum atomic E-state index is -0.548. The molecule has 0 saturated carbocycles. The van der Waals surface area contributed by atoms with E-state index in [0.717, 1.165) is 10.6 Å². The highest BCUT2D eigenvalue weighted by molar-refractivity contribution is 7.09. The smallest absolute Gasteiger partial charge is 0.275 e. The molecule has 0 atom stereocenters. The summed E-state index contributed by atoms with van der Waals surface area (Å²) >= 11 is 1.36. The third-order valence-electron chi connectivity index (χ3n) is 3.10. The first kappa shape index (κ1) is 15.2. The first-order chi connectivity index (χ1) is 9.96. The molecule has 0 aliphatic carbocycles. The number of nitrogens with zero attached hydrogens (tertiary/aromatic N) is 2. The average molecular weight is 300 g/mol. The van der Waals surface area contributed by atoms with Gasteiger partial charge in [0.15, 0.2) is 0 Å². The summed E-state index contributed by atoms with van der Waals surface area (Å²) < 4.78 is 0. The van der Waals surface area contributed by atoms with E-state index >= 15 is 0 Å². The van der Waals surface area contributed by atoms with Crippen LogP contribution in [0.3, 0.4) is 0 Å². The Morgan fingerprint density at radius 1 is 1.43 bits per heavy atom. The van der Waals surface area contributed by atoms with Crippen LogP contribution >= 0.6 is 11.3 Å². The summed E-state index contributed by atoms with van der Waals surface area (Å²) in [6.07, 6.45) is 0. The van der Waals surface area contributed by atoms with Crippen LogP contribution in [0.1, 0.15) is 34.9 Å². The van der Waals surface area contributed by atoms with E-state index in [1.54, 1.807) is 17.5 Å². The number of anilines is 1. The second-order valence-electron chi connectivity index (χ2n) is 5.10. The highest BCUT2D eigenvalue weighted by Crippen LogP contribution is 2.23. The average Bonchev–Trinajstić information content (AvgIpc) is 2.97. The van der Waals surface area contributed by atoms with Gasteiger partial charge in [0.25, 0.3) is 5.91 Å². The van der Waals surface area contributed by atoms with Crippen LogP contribution in [0.5, 0.6) is 0 Å². The Kier molecular flexibility index (Phi) is 4.36. The number of carbonyl (C=O) groups is 1. The molecule has 0 saturated heterocycles. The number of hydrogen-bond donors (Lipinski definition) is 2. The Labute approximate surface area is 127 Å². The number of nitriles is 1. The van der Waals surface area contributed by atoms with Crippen LogP contribution in [-0.2, 0) is 12.0 Å². The lowest BCUT2D eigenvalue weighted by atomic mass is 9.86. The Balaban J connectivity index is 2.10. The predicted octanol–water partition coefficient (Wildman–Crippen LogP) is 2.66. The molecule has 1 aromatic carbocycles. The zero-order chi connectivity index (χ0) is 15.5. The highest BCUT2D eigenvalue weighted by atomic mass is 32.1. The number of rotatable bonds is 4. The normalized spacial score (nSPS) is 11.0. The van der Waals surface area contributed by atoms with Gasteiger partial charge in [0, 0.05) is 17.6 Å². The van der Waals surface area contributed by atoms with Crippen LogP contribution in [0, 0.1) is 11.3 Å². The maximum atomic E-state index is 12.0. The monoisotopic (exact) mass is 300 g/mol. The van der Waals surface area contributed by atoms with Gasteiger partial charge in [-0.3, -0.25) is 4.79 Å². The standard InChI is InChI=1S/C15H16N4OS/c1-15(2,9-17)10-3-5-11(6-4-10)18-14(20)12-8-21-13(7-16)19-12/h3-6,8H,7,16H2,1-2H3,(H,18,20). The predicted molar refractivity (Wildman–Crippen MR) is 83.0 cm³/mol. The van der Waals surface area contributed by atoms with Crippen molar-refractivity contribution >= 4 is 22.9 Å². The van der Waals surface area contributed by atoms with E-state index in [-0.39, 0.29) is 5.91 Å². The number of aromatic nitrogens is 1. The topological polar surface area (TPSA) is 91.8 Å². The molecule has 2 aromatic rings. The highest BCUT2D eigenvalue weighted by Gasteiger charge is 2.19. The number of amides is 1. The number of hydrogen-bond acceptors (Lipinski definition) is 5. The molecule has 0 aliphatic heterocycles. The van der Waals surface area contributed by atoms with Gasteiger partial charge < -0.3 is 11.1 Å². The number of carbonyl (C=O) groups excluding carboxylic acids is 1. The lowest BCUT2D eigenvalue weighted by Crippen LogP contribution is -2.15. The van der Waals surface area contributed by atoms with E-state index in [1.807, 2.05) is 26.0 Å². The molecular formula is C15H16N4OS. The van der Waals surface area contributed by atoms with Crippen LogP contribution in [0.25, 0.3) is 0 Å². The van der Waals surface area contributed by atoms with Crippen LogP contribution in [0.15, 0.2) is 29.6 Å². The molecule has 1 aromatic heterocycles. The number of benzene rings is 1. The Bertz CT molecular complexity index is 682. The van der Waals surface area contributed by atoms with E-state index in [1.165, 1.54) is 11.3 Å². The van der Waals surface area contributed by atoms with Crippen molar-refractivity contribution in [1.82, 2.24) is 4.98 Å². The molecule has 0 aliphatic rings. The molecule has 2 rings (SSSR count). The number of nitrogens with one attached hydrogen (secondary N) is 1. The molecule has 0 spiro atoms. The third-order valence-corrected chi connectivity index (χ3v) is 3.97. The summed E-state index contributed by atoms with van der Waals surface area (Å²) in [5, 5.41) is 14.3. The fraction of sp³-hybridized carbons (Fsp3) is 0.267. The van der Waals surface area contributed by atoms with Gasteiger partial charge in [0.2, 0.25) is 0 Å². The van der Waals surface area contributed by atoms with E-state index < -0.39 is 5.41 Å². The van der Waals surface area contributed by atoms with Crippen LogP contribution in [0.2, 0.25) is 0 Å². The van der Waals surface area contributed by atoms with Gasteiger partial charge >= 0.3 is 0 Å². The summed E-state index contributed by atoms with van der Waals surface area (Å²) in [6, 6.07) is 9.48. The zero-order valence-electron chi connectivity index (χ0n) is 11.9. The summed E-state index contributed by atoms with van der Waals surface area (Å²) in [7, 11) is 0. The first-order valence-electron chi connectivity index (χ1n) is 6.44. The summed E-state index contributed by atoms with van der Waals surface area (Å²) in [4.78, 5) is 16.2. The summed E-state index contributed by atoms with van der Waals surface area (Å²) in [5.74, 6) is -0.266. The van der Waals surface area contributed by atoms with Gasteiger partial charge in [-0.1, -0.05) is 12.1 Å². The lowest BCUT2D eigenvalue weighted by molar-refractivity contribution is 0.102. The quantitative estimate of drug-likeness (QED) is 0.908. The van der Waals surface area contributed by atoms with E-state index in [2.05, 4.69) is 16.4 Å². The molecule has 0 fully saturated rings. The van der Waals surface area contributed by atoms with Gasteiger partial charge in [0.05, 0.1) is 11.5 Å². The van der Waals surface area contributed by atoms with Crippen molar-refractivity contribution in [2.45, 2.75) is 25.8 Å². The van der Waals surface area contributed by atoms with Crippen LogP contribution in [-0.4, -0.2) is 10.9 Å². The van der Waals surface area contributed by atoms with Crippen molar-refractivity contribution in [3.63, 3.8) is 0 Å². The maximum absolute atomic E-state index is 12.0. The Hall–Kier alpha value is -2.23. The molecule has 0 unspecified atom stereocenters. The second-order valence-corrected chi connectivity index (χ2v) is 6.04. The molecule has 1 heterocycles. The zero-order valence-corrected chi connectivity index (χ0v) is 12.7. The van der Waals surface area contributed by atoms with E-state index in [0.29, 0.717) is 17.9 Å². The molecule has 0 radical (unpaired) electrons. The first-order valence-corrected chi connectivity index (χ1v) is 7.32. The Morgan fingerprint density at radius 3 is 2.62 bits per heavy atom.